The van der Waals surface area contributed by atoms with Crippen LogP contribution in [0.25, 0.3) is 11.3 Å². The summed E-state index contributed by atoms with van der Waals surface area (Å²) >= 11 is 0. The minimum atomic E-state index is -0.130. The molecule has 0 atom stereocenters. The molecule has 35 heavy (non-hydrogen) atoms. The molecule has 1 aliphatic rings. The van der Waals surface area contributed by atoms with Crippen molar-refractivity contribution >= 4 is 40.1 Å². The van der Waals surface area contributed by atoms with E-state index in [1.807, 2.05) is 105 Å². The highest BCUT2D eigenvalue weighted by Gasteiger charge is 2.28. The van der Waals surface area contributed by atoms with Crippen molar-refractivity contribution in [1.29, 1.82) is 0 Å². The summed E-state index contributed by atoms with van der Waals surface area (Å²) in [5.74, 6) is -0.0226. The van der Waals surface area contributed by atoms with E-state index in [0.29, 0.717) is 18.5 Å². The molecule has 0 bridgehead atoms. The predicted octanol–water partition coefficient (Wildman–Crippen LogP) is 5.31. The molecule has 180 valence electrons. The average Bonchev–Trinajstić information content (AvgIpc) is 3.21. The second kappa shape index (κ2) is 11.0. The van der Waals surface area contributed by atoms with Gasteiger partial charge in [0.15, 0.2) is 0 Å². The van der Waals surface area contributed by atoms with Crippen LogP contribution in [-0.2, 0) is 9.59 Å². The Hall–Kier alpha value is -3.90. The van der Waals surface area contributed by atoms with E-state index >= 15 is 0 Å². The van der Waals surface area contributed by atoms with E-state index in [2.05, 4.69) is 15.5 Å². The molecule has 0 aliphatic carbocycles. The van der Waals surface area contributed by atoms with Gasteiger partial charge in [0.05, 0.1) is 11.3 Å². The summed E-state index contributed by atoms with van der Waals surface area (Å²) in [5, 5.41) is 6.45. The van der Waals surface area contributed by atoms with Gasteiger partial charge in [-0.25, -0.2) is 0 Å². The predicted molar refractivity (Wildman–Crippen MR) is 144 cm³/mol. The van der Waals surface area contributed by atoms with Crippen LogP contribution < -0.4 is 15.5 Å². The molecule has 4 rings (SSSR count). The largest absolute Gasteiger partial charge is 0.354 e. The molecule has 3 aromatic rings. The number of nitrogens with one attached hydrogen (secondary N) is 2. The maximum Gasteiger partial charge on any atom is 0.258 e. The van der Waals surface area contributed by atoms with Gasteiger partial charge in [0.1, 0.15) is 0 Å². The maximum atomic E-state index is 13.0. The first-order valence-electron chi connectivity index (χ1n) is 12.0. The van der Waals surface area contributed by atoms with Gasteiger partial charge in [-0.3, -0.25) is 9.59 Å². The van der Waals surface area contributed by atoms with Gasteiger partial charge in [0.2, 0.25) is 5.91 Å². The molecule has 0 aromatic heterocycles. The Morgan fingerprint density at radius 3 is 2.26 bits per heavy atom. The van der Waals surface area contributed by atoms with Crippen LogP contribution in [0.2, 0.25) is 0 Å². The fourth-order valence-corrected chi connectivity index (χ4v) is 4.25. The lowest BCUT2D eigenvalue weighted by Gasteiger charge is -2.24. The Bertz CT molecular complexity index is 1220. The van der Waals surface area contributed by atoms with Gasteiger partial charge in [-0.15, -0.1) is 0 Å². The quantitative estimate of drug-likeness (QED) is 0.418. The minimum Gasteiger partial charge on any atom is -0.354 e. The third-order valence-electron chi connectivity index (χ3n) is 6.02. The van der Waals surface area contributed by atoms with Crippen LogP contribution in [0.3, 0.4) is 0 Å². The number of hydrogen-bond acceptors (Lipinski definition) is 4. The number of carbonyl (C=O) groups excluding carboxylic acids is 2. The first-order chi connectivity index (χ1) is 17.0. The number of anilines is 3. The van der Waals surface area contributed by atoms with Crippen molar-refractivity contribution in [2.75, 3.05) is 42.7 Å². The number of hydrogen-bond donors (Lipinski definition) is 2. The second-order valence-electron chi connectivity index (χ2n) is 8.84. The number of benzene rings is 3. The van der Waals surface area contributed by atoms with E-state index in [9.17, 15) is 9.59 Å². The van der Waals surface area contributed by atoms with Crippen molar-refractivity contribution in [3.63, 3.8) is 0 Å². The van der Waals surface area contributed by atoms with Crippen molar-refractivity contribution in [3.8, 4) is 0 Å². The summed E-state index contributed by atoms with van der Waals surface area (Å²) in [6.07, 6.45) is 1.36. The van der Waals surface area contributed by atoms with Crippen molar-refractivity contribution in [1.82, 2.24) is 4.90 Å². The molecule has 1 heterocycles. The zero-order chi connectivity index (χ0) is 24.8. The van der Waals surface area contributed by atoms with Crippen LogP contribution in [0.15, 0.2) is 78.9 Å². The van der Waals surface area contributed by atoms with Crippen LogP contribution in [0.5, 0.6) is 0 Å². The van der Waals surface area contributed by atoms with Crippen molar-refractivity contribution in [2.24, 2.45) is 0 Å². The molecular formula is C29H32N4O2. The van der Waals surface area contributed by atoms with Crippen LogP contribution >= 0.6 is 0 Å². The summed E-state index contributed by atoms with van der Waals surface area (Å²) in [4.78, 5) is 29.6. The fourth-order valence-electron chi connectivity index (χ4n) is 4.25. The Morgan fingerprint density at radius 1 is 0.886 bits per heavy atom. The van der Waals surface area contributed by atoms with Crippen molar-refractivity contribution in [2.45, 2.75) is 19.8 Å². The number of carbonyl (C=O) groups is 2. The lowest BCUT2D eigenvalue weighted by Crippen LogP contribution is -2.32. The summed E-state index contributed by atoms with van der Waals surface area (Å²) < 4.78 is 0. The Labute approximate surface area is 207 Å². The Kier molecular flexibility index (Phi) is 7.63. The zero-order valence-corrected chi connectivity index (χ0v) is 20.5. The van der Waals surface area contributed by atoms with Gasteiger partial charge in [0, 0.05) is 35.6 Å². The molecule has 0 fully saturated rings. The molecule has 0 spiro atoms. The lowest BCUT2D eigenvalue weighted by molar-refractivity contribution is -0.118. The van der Waals surface area contributed by atoms with Crippen LogP contribution in [0.1, 0.15) is 30.9 Å². The molecule has 6 nitrogen and oxygen atoms in total. The first-order valence-corrected chi connectivity index (χ1v) is 12.0. The molecule has 1 aliphatic heterocycles. The molecule has 6 heteroatoms. The van der Waals surface area contributed by atoms with E-state index in [4.69, 9.17) is 0 Å². The fraction of sp³-hybridized carbons (Fsp3) is 0.241. The highest BCUT2D eigenvalue weighted by Crippen LogP contribution is 2.37. The van der Waals surface area contributed by atoms with E-state index in [-0.39, 0.29) is 11.8 Å². The molecule has 3 aromatic carbocycles. The van der Waals surface area contributed by atoms with Crippen molar-refractivity contribution in [3.05, 3.63) is 90.0 Å². The Morgan fingerprint density at radius 2 is 1.57 bits per heavy atom. The number of amides is 2. The molecule has 0 unspecified atom stereocenters. The van der Waals surface area contributed by atoms with Gasteiger partial charge in [-0.2, -0.15) is 0 Å². The molecule has 2 N–H and O–H groups in total. The van der Waals surface area contributed by atoms with Gasteiger partial charge >= 0.3 is 0 Å². The van der Waals surface area contributed by atoms with Crippen LogP contribution in [-0.4, -0.2) is 43.9 Å². The smallest absolute Gasteiger partial charge is 0.258 e. The first kappa shape index (κ1) is 24.2. The number of rotatable bonds is 9. The average molecular weight is 469 g/mol. The monoisotopic (exact) mass is 468 g/mol. The minimum absolute atomic E-state index is 0.107. The molecule has 0 saturated carbocycles. The summed E-state index contributed by atoms with van der Waals surface area (Å²) in [7, 11) is 4.07. The lowest BCUT2D eigenvalue weighted by atomic mass is 10.00. The van der Waals surface area contributed by atoms with Gasteiger partial charge in [-0.1, -0.05) is 55.5 Å². The second-order valence-corrected chi connectivity index (χ2v) is 8.84. The summed E-state index contributed by atoms with van der Waals surface area (Å²) in [6.45, 7) is 3.48. The number of nitrogens with zero attached hydrogens (tertiary/aromatic N) is 2. The SMILES string of the molecule is CCC(=O)N(CCCN(C)C)c1ccc(NC(=C2C(=O)Nc3ccccc32)c2ccccc2)cc1. The molecular weight excluding hydrogens is 436 g/mol. The van der Waals surface area contributed by atoms with E-state index in [1.165, 1.54) is 0 Å². The molecule has 0 radical (unpaired) electrons. The standard InChI is InChI=1S/C29H32N4O2/c1-4-26(34)33(20-10-19-32(2)3)23-17-15-22(16-18-23)30-28(21-11-6-5-7-12-21)27-24-13-8-9-14-25(24)31-29(27)35/h5-9,11-18,30H,4,10,19-20H2,1-3H3,(H,31,35). The maximum absolute atomic E-state index is 13.0. The zero-order valence-electron chi connectivity index (χ0n) is 20.5. The van der Waals surface area contributed by atoms with E-state index in [1.54, 1.807) is 0 Å². The summed E-state index contributed by atoms with van der Waals surface area (Å²) in [5.41, 5.74) is 5.68. The summed E-state index contributed by atoms with van der Waals surface area (Å²) in [6, 6.07) is 25.4. The van der Waals surface area contributed by atoms with Crippen LogP contribution in [0.4, 0.5) is 17.1 Å². The normalized spacial score (nSPS) is 13.9. The van der Waals surface area contributed by atoms with Gasteiger partial charge < -0.3 is 20.4 Å². The third-order valence-corrected chi connectivity index (χ3v) is 6.02. The van der Waals surface area contributed by atoms with Gasteiger partial charge in [0.25, 0.3) is 5.91 Å². The Balaban J connectivity index is 1.65. The molecule has 2 amide bonds. The third kappa shape index (κ3) is 5.61. The van der Waals surface area contributed by atoms with Crippen LogP contribution in [0, 0.1) is 0 Å². The molecule has 0 saturated heterocycles. The highest BCUT2D eigenvalue weighted by atomic mass is 16.2. The van der Waals surface area contributed by atoms with Gasteiger partial charge in [-0.05, 0) is 63.0 Å². The van der Waals surface area contributed by atoms with E-state index < -0.39 is 0 Å². The highest BCUT2D eigenvalue weighted by molar-refractivity contribution is 6.37. The number of fused-ring (bicyclic) bond motifs is 1. The van der Waals surface area contributed by atoms with Crippen molar-refractivity contribution < 1.29 is 9.59 Å². The number of para-hydroxylation sites is 1. The topological polar surface area (TPSA) is 64.7 Å². The van der Waals surface area contributed by atoms with E-state index in [0.717, 1.165) is 46.9 Å².